The summed E-state index contributed by atoms with van der Waals surface area (Å²) in [6.45, 7) is 1.82. The van der Waals surface area contributed by atoms with Crippen LogP contribution in [0.1, 0.15) is 38.5 Å². The van der Waals surface area contributed by atoms with Crippen LogP contribution in [0.3, 0.4) is 0 Å². The molecule has 3 nitrogen and oxygen atoms in total. The highest BCUT2D eigenvalue weighted by Gasteiger charge is 2.41. The van der Waals surface area contributed by atoms with Crippen LogP contribution in [-0.2, 0) is 9.47 Å². The van der Waals surface area contributed by atoms with Gasteiger partial charge in [-0.3, -0.25) is 0 Å². The van der Waals surface area contributed by atoms with Crippen LogP contribution in [0.4, 0.5) is 13.2 Å². The summed E-state index contributed by atoms with van der Waals surface area (Å²) < 4.78 is 47.6. The molecule has 2 rings (SSSR count). The predicted octanol–water partition coefficient (Wildman–Crippen LogP) is 2.95. The topological polar surface area (TPSA) is 21.7 Å². The first-order valence-electron chi connectivity index (χ1n) is 6.95. The molecule has 0 aromatic carbocycles. The van der Waals surface area contributed by atoms with Crippen molar-refractivity contribution >= 4 is 0 Å². The molecule has 0 bridgehead atoms. The summed E-state index contributed by atoms with van der Waals surface area (Å²) in [4.78, 5) is 2.05. The van der Waals surface area contributed by atoms with Gasteiger partial charge in [0.2, 0.25) is 0 Å². The van der Waals surface area contributed by atoms with E-state index in [2.05, 4.69) is 0 Å². The third kappa shape index (κ3) is 4.33. The molecule has 2 aliphatic rings. The van der Waals surface area contributed by atoms with Gasteiger partial charge in [-0.05, 0) is 32.9 Å². The average Bonchev–Trinajstić information content (AvgIpc) is 2.77. The van der Waals surface area contributed by atoms with E-state index in [-0.39, 0.29) is 12.2 Å². The molecule has 19 heavy (non-hydrogen) atoms. The predicted molar refractivity (Wildman–Crippen MR) is 64.8 cm³/mol. The molecule has 0 atom stereocenters. The maximum atomic E-state index is 12.1. The number of halogens is 3. The second kappa shape index (κ2) is 5.97. The lowest BCUT2D eigenvalue weighted by atomic mass is 9.89. The number of rotatable bonds is 4. The van der Waals surface area contributed by atoms with Gasteiger partial charge in [0, 0.05) is 25.3 Å². The van der Waals surface area contributed by atoms with Crippen molar-refractivity contribution in [1.29, 1.82) is 0 Å². The minimum atomic E-state index is -4.04. The van der Waals surface area contributed by atoms with Crippen molar-refractivity contribution in [2.45, 2.75) is 56.5 Å². The average molecular weight is 281 g/mol. The van der Waals surface area contributed by atoms with Crippen LogP contribution in [0, 0.1) is 0 Å². The monoisotopic (exact) mass is 281 g/mol. The first kappa shape index (κ1) is 15.1. The van der Waals surface area contributed by atoms with Crippen LogP contribution in [-0.4, -0.2) is 49.7 Å². The van der Waals surface area contributed by atoms with Gasteiger partial charge < -0.3 is 14.4 Å². The van der Waals surface area contributed by atoms with Crippen molar-refractivity contribution in [3.8, 4) is 0 Å². The maximum absolute atomic E-state index is 12.1. The molecule has 1 spiro atoms. The molecule has 0 radical (unpaired) electrons. The van der Waals surface area contributed by atoms with Crippen LogP contribution in [0.2, 0.25) is 0 Å². The first-order valence-corrected chi connectivity index (χ1v) is 6.95. The molecule has 2 fully saturated rings. The van der Waals surface area contributed by atoms with E-state index in [9.17, 15) is 13.2 Å². The Morgan fingerprint density at radius 2 is 1.74 bits per heavy atom. The molecule has 1 aliphatic carbocycles. The molecule has 0 aromatic rings. The molecule has 1 saturated carbocycles. The zero-order valence-electron chi connectivity index (χ0n) is 11.3. The van der Waals surface area contributed by atoms with E-state index in [0.29, 0.717) is 25.8 Å². The number of ether oxygens (including phenoxy) is 2. The second-order valence-electron chi connectivity index (χ2n) is 5.54. The van der Waals surface area contributed by atoms with Crippen molar-refractivity contribution in [3.05, 3.63) is 0 Å². The van der Waals surface area contributed by atoms with E-state index >= 15 is 0 Å². The Bertz CT molecular complexity index is 280. The molecular formula is C13H22F3NO2. The maximum Gasteiger partial charge on any atom is 0.389 e. The van der Waals surface area contributed by atoms with Gasteiger partial charge in [-0.15, -0.1) is 0 Å². The number of alkyl halides is 3. The van der Waals surface area contributed by atoms with Crippen molar-refractivity contribution in [2.24, 2.45) is 0 Å². The third-order valence-corrected chi connectivity index (χ3v) is 4.12. The fourth-order valence-corrected chi connectivity index (χ4v) is 2.98. The van der Waals surface area contributed by atoms with Crippen molar-refractivity contribution < 1.29 is 22.6 Å². The standard InChI is InChI=1S/C13H22F3NO2/c1-17(8-2-5-13(14,15)16)11-3-6-12(7-4-11)18-9-10-19-12/h11H,2-10H2,1H3. The Morgan fingerprint density at radius 1 is 1.16 bits per heavy atom. The summed E-state index contributed by atoms with van der Waals surface area (Å²) >= 11 is 0. The minimum absolute atomic E-state index is 0.175. The summed E-state index contributed by atoms with van der Waals surface area (Å²) in [5.41, 5.74) is 0. The summed E-state index contributed by atoms with van der Waals surface area (Å²) in [6, 6.07) is 0.353. The first-order chi connectivity index (χ1) is 8.90. The largest absolute Gasteiger partial charge is 0.389 e. The zero-order chi connectivity index (χ0) is 13.9. The molecule has 0 N–H and O–H groups in total. The van der Waals surface area contributed by atoms with Crippen LogP contribution < -0.4 is 0 Å². The highest BCUT2D eigenvalue weighted by Crippen LogP contribution is 2.37. The number of nitrogens with zero attached hydrogens (tertiary/aromatic N) is 1. The normalized spacial score (nSPS) is 24.5. The van der Waals surface area contributed by atoms with E-state index < -0.39 is 12.6 Å². The summed E-state index contributed by atoms with van der Waals surface area (Å²) in [7, 11) is 1.91. The van der Waals surface area contributed by atoms with E-state index in [1.54, 1.807) is 0 Å². The van der Waals surface area contributed by atoms with Gasteiger partial charge in [-0.25, -0.2) is 0 Å². The summed E-state index contributed by atoms with van der Waals surface area (Å²) in [5, 5.41) is 0. The number of hydrogen-bond donors (Lipinski definition) is 0. The summed E-state index contributed by atoms with van der Waals surface area (Å²) in [5.74, 6) is -0.386. The molecule has 1 saturated heterocycles. The minimum Gasteiger partial charge on any atom is -0.348 e. The molecule has 1 aliphatic heterocycles. The summed E-state index contributed by atoms with van der Waals surface area (Å²) in [6.07, 6.45) is -0.995. The van der Waals surface area contributed by atoms with Gasteiger partial charge >= 0.3 is 6.18 Å². The Balaban J connectivity index is 1.69. The quantitative estimate of drug-likeness (QED) is 0.791. The highest BCUT2D eigenvalue weighted by molar-refractivity contribution is 4.86. The van der Waals surface area contributed by atoms with Gasteiger partial charge in [0.05, 0.1) is 13.2 Å². The van der Waals surface area contributed by atoms with E-state index in [1.807, 2.05) is 11.9 Å². The Hall–Kier alpha value is -0.330. The van der Waals surface area contributed by atoms with Crippen LogP contribution >= 0.6 is 0 Å². The van der Waals surface area contributed by atoms with E-state index in [4.69, 9.17) is 9.47 Å². The lowest BCUT2D eigenvalue weighted by molar-refractivity contribution is -0.183. The van der Waals surface area contributed by atoms with Crippen molar-refractivity contribution in [3.63, 3.8) is 0 Å². The molecule has 0 unspecified atom stereocenters. The van der Waals surface area contributed by atoms with Gasteiger partial charge in [-0.1, -0.05) is 0 Å². The molecule has 112 valence electrons. The molecule has 1 heterocycles. The van der Waals surface area contributed by atoms with E-state index in [1.165, 1.54) is 0 Å². The van der Waals surface area contributed by atoms with Gasteiger partial charge in [-0.2, -0.15) is 13.2 Å². The van der Waals surface area contributed by atoms with Crippen LogP contribution in [0.15, 0.2) is 0 Å². The van der Waals surface area contributed by atoms with Crippen molar-refractivity contribution in [2.75, 3.05) is 26.8 Å². The van der Waals surface area contributed by atoms with Crippen LogP contribution in [0.5, 0.6) is 0 Å². The SMILES string of the molecule is CN(CCCC(F)(F)F)C1CCC2(CC1)OCCO2. The van der Waals surface area contributed by atoms with Gasteiger partial charge in [0.25, 0.3) is 0 Å². The fraction of sp³-hybridized carbons (Fsp3) is 1.00. The van der Waals surface area contributed by atoms with Gasteiger partial charge in [0.15, 0.2) is 5.79 Å². The molecule has 6 heteroatoms. The lowest BCUT2D eigenvalue weighted by Crippen LogP contribution is -2.43. The lowest BCUT2D eigenvalue weighted by Gasteiger charge is -2.39. The highest BCUT2D eigenvalue weighted by atomic mass is 19.4. The molecule has 0 amide bonds. The zero-order valence-corrected chi connectivity index (χ0v) is 11.3. The third-order valence-electron chi connectivity index (χ3n) is 4.12. The number of hydrogen-bond acceptors (Lipinski definition) is 3. The Kier molecular flexibility index (Phi) is 4.74. The molecule has 0 aromatic heterocycles. The smallest absolute Gasteiger partial charge is 0.348 e. The Labute approximate surface area is 112 Å². The molecular weight excluding hydrogens is 259 g/mol. The fourth-order valence-electron chi connectivity index (χ4n) is 2.98. The second-order valence-corrected chi connectivity index (χ2v) is 5.54. The van der Waals surface area contributed by atoms with Gasteiger partial charge in [0.1, 0.15) is 0 Å². The Morgan fingerprint density at radius 3 is 2.26 bits per heavy atom. The van der Waals surface area contributed by atoms with Crippen molar-refractivity contribution in [1.82, 2.24) is 4.90 Å². The van der Waals surface area contributed by atoms with E-state index in [0.717, 1.165) is 25.7 Å². The van der Waals surface area contributed by atoms with Crippen LogP contribution in [0.25, 0.3) is 0 Å².